The van der Waals surface area contributed by atoms with Crippen LogP contribution >= 0.6 is 11.6 Å². The molecule has 0 heterocycles. The number of rotatable bonds is 5. The molecule has 1 N–H and O–H groups in total. The van der Waals surface area contributed by atoms with Crippen molar-refractivity contribution in [1.29, 1.82) is 0 Å². The van der Waals surface area contributed by atoms with Crippen LogP contribution in [0.2, 0.25) is 0 Å². The molecule has 0 aliphatic heterocycles. The first kappa shape index (κ1) is 23.6. The summed E-state index contributed by atoms with van der Waals surface area (Å²) in [5.74, 6) is 0.110. The van der Waals surface area contributed by atoms with E-state index in [9.17, 15) is 9.59 Å². The molecule has 0 atom stereocenters. The minimum atomic E-state index is -0.548. The molecule has 3 rings (SSSR count). The second-order valence-electron chi connectivity index (χ2n) is 9.99. The lowest BCUT2D eigenvalue weighted by atomic mass is 9.66. The molecule has 0 spiro atoms. The molecule has 0 unspecified atom stereocenters. The molecule has 1 aromatic carbocycles. The van der Waals surface area contributed by atoms with Crippen LogP contribution in [0.15, 0.2) is 42.0 Å². The highest BCUT2D eigenvalue weighted by atomic mass is 35.5. The van der Waals surface area contributed by atoms with Crippen molar-refractivity contribution >= 4 is 28.5 Å². The highest BCUT2D eigenvalue weighted by Gasteiger charge is 2.41. The molecular formula is C26H34ClNO3. The Kier molecular flexibility index (Phi) is 7.31. The number of hydrogen-bond donors (Lipinski definition) is 1. The van der Waals surface area contributed by atoms with E-state index in [0.29, 0.717) is 11.0 Å². The van der Waals surface area contributed by atoms with Gasteiger partial charge in [-0.15, -0.1) is 0 Å². The van der Waals surface area contributed by atoms with Crippen LogP contribution < -0.4 is 5.32 Å². The van der Waals surface area contributed by atoms with Gasteiger partial charge in [-0.25, -0.2) is 0 Å². The molecule has 0 bridgehead atoms. The summed E-state index contributed by atoms with van der Waals surface area (Å²) >= 11 is 6.60. The van der Waals surface area contributed by atoms with Crippen LogP contribution in [0.5, 0.6) is 0 Å². The largest absolute Gasteiger partial charge is 0.469 e. The maximum Gasteiger partial charge on any atom is 0.307 e. The van der Waals surface area contributed by atoms with Gasteiger partial charge in [-0.2, -0.15) is 0 Å². The van der Waals surface area contributed by atoms with Crippen molar-refractivity contribution in [1.82, 2.24) is 5.32 Å². The Morgan fingerprint density at radius 3 is 2.52 bits per heavy atom. The summed E-state index contributed by atoms with van der Waals surface area (Å²) in [5.41, 5.74) is 2.92. The molecule has 2 aliphatic carbocycles. The Bertz CT molecular complexity index is 886. The molecule has 0 radical (unpaired) electrons. The van der Waals surface area contributed by atoms with Crippen molar-refractivity contribution in [3.63, 3.8) is 0 Å². The highest BCUT2D eigenvalue weighted by Crippen LogP contribution is 2.43. The van der Waals surface area contributed by atoms with Gasteiger partial charge < -0.3 is 10.1 Å². The van der Waals surface area contributed by atoms with Crippen LogP contribution in [-0.2, 0) is 20.7 Å². The summed E-state index contributed by atoms with van der Waals surface area (Å²) in [7, 11) is 1.40. The van der Waals surface area contributed by atoms with Gasteiger partial charge in [0, 0.05) is 6.08 Å². The molecule has 1 amide bonds. The Hall–Kier alpha value is -2.07. The van der Waals surface area contributed by atoms with Crippen molar-refractivity contribution in [2.45, 2.75) is 71.3 Å². The van der Waals surface area contributed by atoms with Crippen LogP contribution in [0.4, 0.5) is 0 Å². The topological polar surface area (TPSA) is 55.4 Å². The summed E-state index contributed by atoms with van der Waals surface area (Å²) in [6.07, 6.45) is 8.82. The number of methoxy groups -OCH3 is 1. The van der Waals surface area contributed by atoms with Gasteiger partial charge in [-0.1, -0.05) is 62.7 Å². The number of amides is 1. The van der Waals surface area contributed by atoms with Crippen LogP contribution in [0.25, 0.3) is 5.03 Å². The zero-order valence-electron chi connectivity index (χ0n) is 19.1. The molecule has 31 heavy (non-hydrogen) atoms. The first-order valence-electron chi connectivity index (χ1n) is 11.2. The Morgan fingerprint density at radius 1 is 1.19 bits per heavy atom. The maximum atomic E-state index is 12.8. The number of nitrogens with one attached hydrogen (secondary N) is 1. The van der Waals surface area contributed by atoms with Gasteiger partial charge >= 0.3 is 5.97 Å². The van der Waals surface area contributed by atoms with Gasteiger partial charge in [0.1, 0.15) is 0 Å². The monoisotopic (exact) mass is 443 g/mol. The van der Waals surface area contributed by atoms with E-state index in [2.05, 4.69) is 32.2 Å². The van der Waals surface area contributed by atoms with Gasteiger partial charge in [-0.3, -0.25) is 9.59 Å². The Balaban J connectivity index is 1.72. The molecule has 168 valence electrons. The number of halogens is 1. The Morgan fingerprint density at radius 2 is 1.87 bits per heavy atom. The molecule has 0 saturated heterocycles. The lowest BCUT2D eigenvalue weighted by Gasteiger charge is -2.44. The van der Waals surface area contributed by atoms with E-state index in [1.54, 1.807) is 6.08 Å². The molecule has 2 aliphatic rings. The average molecular weight is 444 g/mol. The summed E-state index contributed by atoms with van der Waals surface area (Å²) in [5, 5.41) is 3.86. The van der Waals surface area contributed by atoms with E-state index in [-0.39, 0.29) is 23.7 Å². The molecule has 1 aromatic rings. The van der Waals surface area contributed by atoms with Gasteiger partial charge in [0.25, 0.3) is 0 Å². The standard InChI is InChI=1S/C26H34ClNO3/c1-25(2,3)20-13-15-26(16-14-20,17-23(30)31-4)28-22(29)12-11-19-10-9-18-7-5-6-8-21(18)24(19)27/h5-8,11-12,20H,9-10,13-17H2,1-4H3,(H,28,29)/b12-11+. The van der Waals surface area contributed by atoms with Gasteiger partial charge in [0.2, 0.25) is 5.91 Å². The number of benzene rings is 1. The first-order valence-corrected chi connectivity index (χ1v) is 11.6. The minimum absolute atomic E-state index is 0.186. The van der Waals surface area contributed by atoms with Crippen molar-refractivity contribution in [2.24, 2.45) is 11.3 Å². The number of hydrogen-bond acceptors (Lipinski definition) is 3. The normalized spacial score (nSPS) is 24.1. The second-order valence-corrected chi connectivity index (χ2v) is 10.4. The number of fused-ring (bicyclic) bond motifs is 1. The lowest BCUT2D eigenvalue weighted by Crippen LogP contribution is -2.52. The van der Waals surface area contributed by atoms with Gasteiger partial charge in [-0.05, 0) is 66.6 Å². The molecular weight excluding hydrogens is 410 g/mol. The van der Waals surface area contributed by atoms with Gasteiger partial charge in [0.05, 0.1) is 24.1 Å². The van der Waals surface area contributed by atoms with Crippen LogP contribution in [0, 0.1) is 11.3 Å². The highest BCUT2D eigenvalue weighted by molar-refractivity contribution is 6.49. The van der Waals surface area contributed by atoms with E-state index < -0.39 is 5.54 Å². The van der Waals surface area contributed by atoms with E-state index in [1.807, 2.05) is 24.3 Å². The third-order valence-corrected chi connectivity index (χ3v) is 7.35. The van der Waals surface area contributed by atoms with Crippen molar-refractivity contribution in [3.05, 3.63) is 53.1 Å². The SMILES string of the molecule is COC(=O)CC1(NC(=O)/C=C/C2=C(Cl)c3ccccc3CC2)CCC(C(C)(C)C)CC1. The quantitative estimate of drug-likeness (QED) is 0.462. The zero-order chi connectivity index (χ0) is 22.6. The van der Waals surface area contributed by atoms with E-state index in [1.165, 1.54) is 12.7 Å². The smallest absolute Gasteiger partial charge is 0.307 e. The molecule has 4 nitrogen and oxygen atoms in total. The third-order valence-electron chi connectivity index (χ3n) is 6.90. The van der Waals surface area contributed by atoms with Crippen molar-refractivity contribution < 1.29 is 14.3 Å². The van der Waals surface area contributed by atoms with Gasteiger partial charge in [0.15, 0.2) is 0 Å². The predicted molar refractivity (Wildman–Crippen MR) is 126 cm³/mol. The summed E-state index contributed by atoms with van der Waals surface area (Å²) in [6.45, 7) is 6.77. The number of carbonyl (C=O) groups excluding carboxylic acids is 2. The fourth-order valence-corrected chi connectivity index (χ4v) is 5.21. The average Bonchev–Trinajstić information content (AvgIpc) is 2.73. The fourth-order valence-electron chi connectivity index (χ4n) is 4.87. The van der Waals surface area contributed by atoms with Crippen molar-refractivity contribution in [2.75, 3.05) is 7.11 Å². The number of carbonyl (C=O) groups is 2. The number of allylic oxidation sites excluding steroid dienone is 2. The summed E-state index contributed by atoms with van der Waals surface area (Å²) < 4.78 is 4.92. The van der Waals surface area contributed by atoms with Crippen LogP contribution in [0.3, 0.4) is 0 Å². The predicted octanol–water partition coefficient (Wildman–Crippen LogP) is 5.79. The first-order chi connectivity index (χ1) is 14.6. The molecule has 5 heteroatoms. The minimum Gasteiger partial charge on any atom is -0.469 e. The number of aryl methyl sites for hydroxylation is 1. The third kappa shape index (κ3) is 5.79. The van der Waals surface area contributed by atoms with Crippen LogP contribution in [0.1, 0.15) is 70.4 Å². The van der Waals surface area contributed by atoms with E-state index in [4.69, 9.17) is 16.3 Å². The number of esters is 1. The summed E-state index contributed by atoms with van der Waals surface area (Å²) in [4.78, 5) is 24.9. The molecule has 1 fully saturated rings. The zero-order valence-corrected chi connectivity index (χ0v) is 19.8. The van der Waals surface area contributed by atoms with Crippen LogP contribution in [-0.4, -0.2) is 24.5 Å². The maximum absolute atomic E-state index is 12.8. The lowest BCUT2D eigenvalue weighted by molar-refractivity contribution is -0.143. The fraction of sp³-hybridized carbons (Fsp3) is 0.538. The summed E-state index contributed by atoms with van der Waals surface area (Å²) in [6, 6.07) is 8.11. The van der Waals surface area contributed by atoms with E-state index >= 15 is 0 Å². The Labute approximate surface area is 191 Å². The van der Waals surface area contributed by atoms with Crippen molar-refractivity contribution in [3.8, 4) is 0 Å². The van der Waals surface area contributed by atoms with E-state index in [0.717, 1.165) is 49.7 Å². The molecule has 1 saturated carbocycles. The second kappa shape index (κ2) is 9.60. The number of ether oxygens (including phenoxy) is 1. The molecule has 0 aromatic heterocycles.